The Bertz CT molecular complexity index is 377. The average molecular weight is 246 g/mol. The summed E-state index contributed by atoms with van der Waals surface area (Å²) in [5.74, 6) is 0.195. The number of nitrogens with zero attached hydrogens (tertiary/aromatic N) is 1. The van der Waals surface area contributed by atoms with E-state index in [1.54, 1.807) is 0 Å². The molecule has 0 aromatic carbocycles. The molecular weight excluding hydrogens is 233 g/mol. The number of rotatable bonds is 2. The van der Waals surface area contributed by atoms with Gasteiger partial charge in [0.15, 0.2) is 0 Å². The van der Waals surface area contributed by atoms with Crippen molar-refractivity contribution in [2.45, 2.75) is 37.6 Å². The van der Waals surface area contributed by atoms with Crippen molar-refractivity contribution in [1.82, 2.24) is 4.98 Å². The van der Waals surface area contributed by atoms with Gasteiger partial charge in [0, 0.05) is 18.3 Å². The van der Waals surface area contributed by atoms with E-state index >= 15 is 0 Å². The molecule has 1 saturated carbocycles. The molecule has 2 rings (SSSR count). The number of aromatic nitrogens is 1. The van der Waals surface area contributed by atoms with Crippen LogP contribution in [0.4, 0.5) is 13.2 Å². The quantitative estimate of drug-likeness (QED) is 0.871. The van der Waals surface area contributed by atoms with E-state index in [2.05, 4.69) is 4.98 Å². The van der Waals surface area contributed by atoms with E-state index in [9.17, 15) is 13.2 Å². The number of nitrogens with two attached hydrogens (primary N) is 1. The molecule has 0 aliphatic heterocycles. The largest absolute Gasteiger partial charge is 0.473 e. The van der Waals surface area contributed by atoms with Crippen LogP contribution in [-0.2, 0) is 6.18 Å². The molecule has 0 amide bonds. The molecule has 94 valence electrons. The fraction of sp³-hybridized carbons (Fsp3) is 0.545. The number of hydrogen-bond acceptors (Lipinski definition) is 3. The van der Waals surface area contributed by atoms with Gasteiger partial charge in [-0.1, -0.05) is 0 Å². The Labute approximate surface area is 96.8 Å². The van der Waals surface area contributed by atoms with Crippen LogP contribution < -0.4 is 10.5 Å². The molecule has 1 aromatic rings. The highest BCUT2D eigenvalue weighted by molar-refractivity contribution is 5.20. The fourth-order valence-corrected chi connectivity index (χ4v) is 1.87. The maximum Gasteiger partial charge on any atom is 0.417 e. The predicted molar refractivity (Wildman–Crippen MR) is 55.5 cm³/mol. The van der Waals surface area contributed by atoms with Gasteiger partial charge in [0.25, 0.3) is 0 Å². The fourth-order valence-electron chi connectivity index (χ4n) is 1.87. The molecule has 0 saturated heterocycles. The molecule has 2 N–H and O–H groups in total. The van der Waals surface area contributed by atoms with Crippen LogP contribution in [0.15, 0.2) is 18.3 Å². The molecular formula is C11H13F3N2O. The van der Waals surface area contributed by atoms with Crippen LogP contribution in [0.25, 0.3) is 0 Å². The zero-order chi connectivity index (χ0) is 12.5. The van der Waals surface area contributed by atoms with Gasteiger partial charge in [-0.25, -0.2) is 4.98 Å². The van der Waals surface area contributed by atoms with E-state index in [0.717, 1.165) is 31.5 Å². The van der Waals surface area contributed by atoms with Crippen molar-refractivity contribution in [2.75, 3.05) is 0 Å². The SMILES string of the molecule is NC1CCCC1Oc1ccc(C(F)(F)F)cn1. The second-order valence-corrected chi connectivity index (χ2v) is 4.13. The minimum absolute atomic E-state index is 0.0564. The number of hydrogen-bond donors (Lipinski definition) is 1. The molecule has 1 fully saturated rings. The van der Waals surface area contributed by atoms with Crippen LogP contribution in [0.2, 0.25) is 0 Å². The third-order valence-corrected chi connectivity index (χ3v) is 2.84. The van der Waals surface area contributed by atoms with Crippen LogP contribution in [0, 0.1) is 0 Å². The standard InChI is InChI=1S/C11H13F3N2O/c12-11(13,14)7-4-5-10(16-6-7)17-9-3-1-2-8(9)15/h4-6,8-9H,1-3,15H2. The Morgan fingerprint density at radius 3 is 2.53 bits per heavy atom. The number of pyridine rings is 1. The van der Waals surface area contributed by atoms with Gasteiger partial charge in [0.1, 0.15) is 6.10 Å². The molecule has 1 aliphatic carbocycles. The third kappa shape index (κ3) is 2.88. The Kier molecular flexibility index (Phi) is 3.24. The highest BCUT2D eigenvalue weighted by atomic mass is 19.4. The summed E-state index contributed by atoms with van der Waals surface area (Å²) < 4.78 is 42.3. The molecule has 0 spiro atoms. The normalized spacial score (nSPS) is 24.9. The van der Waals surface area contributed by atoms with Gasteiger partial charge < -0.3 is 10.5 Å². The van der Waals surface area contributed by atoms with Gasteiger partial charge in [-0.05, 0) is 25.3 Å². The summed E-state index contributed by atoms with van der Waals surface area (Å²) >= 11 is 0. The summed E-state index contributed by atoms with van der Waals surface area (Å²) in [6, 6.07) is 2.13. The molecule has 2 atom stereocenters. The Balaban J connectivity index is 2.03. The lowest BCUT2D eigenvalue weighted by atomic mass is 10.2. The third-order valence-electron chi connectivity index (χ3n) is 2.84. The Morgan fingerprint density at radius 1 is 1.29 bits per heavy atom. The van der Waals surface area contributed by atoms with Crippen LogP contribution in [0.1, 0.15) is 24.8 Å². The first kappa shape index (κ1) is 12.2. The zero-order valence-corrected chi connectivity index (χ0v) is 9.07. The van der Waals surface area contributed by atoms with Crippen LogP contribution >= 0.6 is 0 Å². The smallest absolute Gasteiger partial charge is 0.417 e. The molecule has 1 aliphatic rings. The molecule has 0 radical (unpaired) electrons. The van der Waals surface area contributed by atoms with E-state index in [0.29, 0.717) is 0 Å². The summed E-state index contributed by atoms with van der Waals surface area (Å²) in [7, 11) is 0. The van der Waals surface area contributed by atoms with Gasteiger partial charge in [-0.2, -0.15) is 13.2 Å². The molecule has 2 unspecified atom stereocenters. The van der Waals surface area contributed by atoms with E-state index in [1.165, 1.54) is 6.07 Å². The van der Waals surface area contributed by atoms with Gasteiger partial charge in [0.2, 0.25) is 5.88 Å². The van der Waals surface area contributed by atoms with E-state index in [4.69, 9.17) is 10.5 Å². The van der Waals surface area contributed by atoms with Gasteiger partial charge in [-0.15, -0.1) is 0 Å². The van der Waals surface area contributed by atoms with Crippen molar-refractivity contribution in [2.24, 2.45) is 5.73 Å². The first-order chi connectivity index (χ1) is 7.97. The van der Waals surface area contributed by atoms with Crippen molar-refractivity contribution < 1.29 is 17.9 Å². The topological polar surface area (TPSA) is 48.1 Å². The number of halogens is 3. The van der Waals surface area contributed by atoms with E-state index in [1.807, 2.05) is 0 Å². The van der Waals surface area contributed by atoms with Gasteiger partial charge in [0.05, 0.1) is 5.56 Å². The second-order valence-electron chi connectivity index (χ2n) is 4.13. The Morgan fingerprint density at radius 2 is 2.06 bits per heavy atom. The van der Waals surface area contributed by atoms with Crippen molar-refractivity contribution in [1.29, 1.82) is 0 Å². The maximum atomic E-state index is 12.3. The summed E-state index contributed by atoms with van der Waals surface area (Å²) in [5.41, 5.74) is 5.02. The molecule has 6 heteroatoms. The van der Waals surface area contributed by atoms with Crippen LogP contribution in [-0.4, -0.2) is 17.1 Å². The lowest BCUT2D eigenvalue weighted by Crippen LogP contribution is -2.33. The minimum atomic E-state index is -4.37. The first-order valence-electron chi connectivity index (χ1n) is 5.42. The van der Waals surface area contributed by atoms with Gasteiger partial charge >= 0.3 is 6.18 Å². The van der Waals surface area contributed by atoms with Crippen molar-refractivity contribution in [3.05, 3.63) is 23.9 Å². The molecule has 0 bridgehead atoms. The highest BCUT2D eigenvalue weighted by Crippen LogP contribution is 2.30. The summed E-state index contributed by atoms with van der Waals surface area (Å²) in [4.78, 5) is 3.65. The number of ether oxygens (including phenoxy) is 1. The van der Waals surface area contributed by atoms with Gasteiger partial charge in [-0.3, -0.25) is 0 Å². The molecule has 17 heavy (non-hydrogen) atoms. The zero-order valence-electron chi connectivity index (χ0n) is 9.07. The second kappa shape index (κ2) is 4.52. The summed E-state index contributed by atoms with van der Waals surface area (Å²) in [5, 5.41) is 0. The van der Waals surface area contributed by atoms with Crippen LogP contribution in [0.5, 0.6) is 5.88 Å². The predicted octanol–water partition coefficient (Wildman–Crippen LogP) is 2.36. The maximum absolute atomic E-state index is 12.3. The first-order valence-corrected chi connectivity index (χ1v) is 5.42. The van der Waals surface area contributed by atoms with Crippen molar-refractivity contribution in [3.63, 3.8) is 0 Å². The molecule has 1 heterocycles. The summed E-state index contributed by atoms with van der Waals surface area (Å²) in [6.45, 7) is 0. The van der Waals surface area contributed by atoms with Crippen molar-refractivity contribution >= 4 is 0 Å². The van der Waals surface area contributed by atoms with Crippen molar-refractivity contribution in [3.8, 4) is 5.88 Å². The summed E-state index contributed by atoms with van der Waals surface area (Å²) in [6.07, 6.45) is -1.05. The van der Waals surface area contributed by atoms with E-state index in [-0.39, 0.29) is 18.0 Å². The minimum Gasteiger partial charge on any atom is -0.473 e. The molecule has 3 nitrogen and oxygen atoms in total. The lowest BCUT2D eigenvalue weighted by molar-refractivity contribution is -0.137. The van der Waals surface area contributed by atoms with Crippen LogP contribution in [0.3, 0.4) is 0 Å². The number of alkyl halides is 3. The lowest BCUT2D eigenvalue weighted by Gasteiger charge is -2.17. The highest BCUT2D eigenvalue weighted by Gasteiger charge is 2.31. The monoisotopic (exact) mass is 246 g/mol. The molecule has 1 aromatic heterocycles. The average Bonchev–Trinajstić information content (AvgIpc) is 2.64. The van der Waals surface area contributed by atoms with E-state index < -0.39 is 11.7 Å². The Hall–Kier alpha value is -1.30.